The topological polar surface area (TPSA) is 32.3 Å². The van der Waals surface area contributed by atoms with Crippen LogP contribution in [-0.4, -0.2) is 31.4 Å². The molecule has 1 aromatic rings. The van der Waals surface area contributed by atoms with Crippen molar-refractivity contribution in [3.8, 4) is 0 Å². The fourth-order valence-electron chi connectivity index (χ4n) is 4.17. The van der Waals surface area contributed by atoms with Crippen LogP contribution in [0.1, 0.15) is 37.3 Å². The monoisotopic (exact) mass is 286 g/mol. The van der Waals surface area contributed by atoms with Crippen molar-refractivity contribution >= 4 is 5.91 Å². The van der Waals surface area contributed by atoms with Crippen molar-refractivity contribution in [1.82, 2.24) is 10.2 Å². The van der Waals surface area contributed by atoms with Gasteiger partial charge < -0.3 is 10.2 Å². The Morgan fingerprint density at radius 2 is 2.00 bits per heavy atom. The van der Waals surface area contributed by atoms with Crippen LogP contribution in [0.4, 0.5) is 0 Å². The maximum absolute atomic E-state index is 12.5. The molecule has 21 heavy (non-hydrogen) atoms. The van der Waals surface area contributed by atoms with Crippen LogP contribution in [0.25, 0.3) is 0 Å². The van der Waals surface area contributed by atoms with Gasteiger partial charge in [0.2, 0.25) is 5.91 Å². The van der Waals surface area contributed by atoms with Crippen molar-refractivity contribution in [3.05, 3.63) is 35.9 Å². The van der Waals surface area contributed by atoms with E-state index >= 15 is 0 Å². The number of carbonyl (C=O) groups is 1. The third kappa shape index (κ3) is 3.13. The van der Waals surface area contributed by atoms with Crippen molar-refractivity contribution in [1.29, 1.82) is 0 Å². The second kappa shape index (κ2) is 6.18. The van der Waals surface area contributed by atoms with Crippen LogP contribution < -0.4 is 5.32 Å². The average molecular weight is 286 g/mol. The molecule has 114 valence electrons. The van der Waals surface area contributed by atoms with Crippen LogP contribution in [-0.2, 0) is 4.79 Å². The molecule has 0 heterocycles. The lowest BCUT2D eigenvalue weighted by Gasteiger charge is -2.27. The molecular formula is C18H26N2O. The van der Waals surface area contributed by atoms with Gasteiger partial charge in [-0.3, -0.25) is 4.79 Å². The predicted molar refractivity (Wildman–Crippen MR) is 84.8 cm³/mol. The third-order valence-electron chi connectivity index (χ3n) is 5.35. The summed E-state index contributed by atoms with van der Waals surface area (Å²) in [6.07, 6.45) is 5.01. The van der Waals surface area contributed by atoms with Gasteiger partial charge in [-0.1, -0.05) is 36.8 Å². The second-order valence-corrected chi connectivity index (χ2v) is 6.92. The Morgan fingerprint density at radius 3 is 2.57 bits per heavy atom. The van der Waals surface area contributed by atoms with Gasteiger partial charge in [0.05, 0.1) is 6.04 Å². The summed E-state index contributed by atoms with van der Waals surface area (Å²) in [4.78, 5) is 14.6. The first kappa shape index (κ1) is 14.6. The van der Waals surface area contributed by atoms with E-state index in [-0.39, 0.29) is 17.9 Å². The minimum absolute atomic E-state index is 0.244. The highest BCUT2D eigenvalue weighted by Crippen LogP contribution is 2.48. The van der Waals surface area contributed by atoms with E-state index in [4.69, 9.17) is 0 Å². The number of likely N-dealkylation sites (N-methyl/N-ethyl adjacent to an activating group) is 1. The molecule has 0 aliphatic heterocycles. The first-order valence-electron chi connectivity index (χ1n) is 8.14. The minimum Gasteiger partial charge on any atom is -0.354 e. The van der Waals surface area contributed by atoms with E-state index in [9.17, 15) is 4.79 Å². The Labute approximate surface area is 127 Å². The van der Waals surface area contributed by atoms with E-state index in [0.29, 0.717) is 12.5 Å². The zero-order chi connectivity index (χ0) is 14.8. The maximum atomic E-state index is 12.5. The van der Waals surface area contributed by atoms with Crippen LogP contribution in [0.15, 0.2) is 30.3 Å². The fourth-order valence-corrected chi connectivity index (χ4v) is 4.17. The van der Waals surface area contributed by atoms with Crippen LogP contribution in [0.3, 0.4) is 0 Å². The standard InChI is InChI=1S/C18H26N2O/c1-20(2)17(14-6-4-3-5-7-14)12-19-18(21)16-11-13-8-9-15(16)10-13/h3-7,13,15-17H,8-12H2,1-2H3,(H,19,21). The highest BCUT2D eigenvalue weighted by Gasteiger charge is 2.43. The molecule has 4 unspecified atom stereocenters. The van der Waals surface area contributed by atoms with E-state index in [1.54, 1.807) is 0 Å². The van der Waals surface area contributed by atoms with Crippen LogP contribution in [0, 0.1) is 17.8 Å². The molecule has 1 N–H and O–H groups in total. The number of rotatable bonds is 5. The van der Waals surface area contributed by atoms with Crippen LogP contribution >= 0.6 is 0 Å². The fraction of sp³-hybridized carbons (Fsp3) is 0.611. The molecule has 0 radical (unpaired) electrons. The van der Waals surface area contributed by atoms with Gasteiger partial charge in [-0.05, 0) is 50.8 Å². The number of fused-ring (bicyclic) bond motifs is 2. The maximum Gasteiger partial charge on any atom is 0.223 e. The SMILES string of the molecule is CN(C)C(CNC(=O)C1CC2CCC1C2)c1ccccc1. The van der Waals surface area contributed by atoms with Crippen LogP contribution in [0.5, 0.6) is 0 Å². The van der Waals surface area contributed by atoms with Crippen molar-refractivity contribution < 1.29 is 4.79 Å². The molecule has 2 bridgehead atoms. The summed E-state index contributed by atoms with van der Waals surface area (Å²) < 4.78 is 0. The van der Waals surface area contributed by atoms with Crippen LogP contribution in [0.2, 0.25) is 0 Å². The summed E-state index contributed by atoms with van der Waals surface area (Å²) in [5.41, 5.74) is 1.26. The van der Waals surface area contributed by atoms with Gasteiger partial charge in [0.1, 0.15) is 0 Å². The smallest absolute Gasteiger partial charge is 0.223 e. The van der Waals surface area contributed by atoms with Crippen molar-refractivity contribution in [2.75, 3.05) is 20.6 Å². The Hall–Kier alpha value is -1.35. The van der Waals surface area contributed by atoms with E-state index < -0.39 is 0 Å². The summed E-state index contributed by atoms with van der Waals surface area (Å²) in [5, 5.41) is 3.21. The quantitative estimate of drug-likeness (QED) is 0.902. The Balaban J connectivity index is 1.58. The summed E-state index contributed by atoms with van der Waals surface area (Å²) in [6.45, 7) is 0.698. The highest BCUT2D eigenvalue weighted by atomic mass is 16.1. The highest BCUT2D eigenvalue weighted by molar-refractivity contribution is 5.79. The number of carbonyl (C=O) groups excluding carboxylic acids is 1. The minimum atomic E-state index is 0.244. The van der Waals surface area contributed by atoms with E-state index in [2.05, 4.69) is 48.6 Å². The molecule has 4 atom stereocenters. The lowest BCUT2D eigenvalue weighted by atomic mass is 9.88. The molecule has 3 heteroatoms. The molecule has 0 spiro atoms. The van der Waals surface area contributed by atoms with Gasteiger partial charge in [-0.2, -0.15) is 0 Å². The lowest BCUT2D eigenvalue weighted by molar-refractivity contribution is -0.126. The van der Waals surface area contributed by atoms with Gasteiger partial charge in [0.25, 0.3) is 0 Å². The zero-order valence-electron chi connectivity index (χ0n) is 13.1. The molecule has 0 saturated heterocycles. The number of benzene rings is 1. The molecule has 3 nitrogen and oxygen atoms in total. The first-order chi connectivity index (χ1) is 10.1. The average Bonchev–Trinajstić information content (AvgIpc) is 3.11. The van der Waals surface area contributed by atoms with Gasteiger partial charge in [0.15, 0.2) is 0 Å². The molecule has 3 rings (SSSR count). The normalized spacial score (nSPS) is 28.8. The number of nitrogens with zero attached hydrogens (tertiary/aromatic N) is 1. The predicted octanol–water partition coefficient (Wildman–Crippen LogP) is 2.84. The first-order valence-corrected chi connectivity index (χ1v) is 8.14. The molecule has 1 amide bonds. The van der Waals surface area contributed by atoms with Crippen molar-refractivity contribution in [2.45, 2.75) is 31.7 Å². The summed E-state index contributed by atoms with van der Waals surface area (Å²) in [5.74, 6) is 2.04. The van der Waals surface area contributed by atoms with E-state index in [1.807, 2.05) is 6.07 Å². The largest absolute Gasteiger partial charge is 0.354 e. The number of amides is 1. The van der Waals surface area contributed by atoms with Crippen molar-refractivity contribution in [3.63, 3.8) is 0 Å². The van der Waals surface area contributed by atoms with Gasteiger partial charge in [0, 0.05) is 12.5 Å². The molecule has 1 aromatic carbocycles. The Bertz CT molecular complexity index is 485. The molecule has 2 fully saturated rings. The second-order valence-electron chi connectivity index (χ2n) is 6.92. The Kier molecular flexibility index (Phi) is 4.29. The number of hydrogen-bond acceptors (Lipinski definition) is 2. The molecule has 2 aliphatic rings. The van der Waals surface area contributed by atoms with Crippen molar-refractivity contribution in [2.24, 2.45) is 17.8 Å². The van der Waals surface area contributed by atoms with Gasteiger partial charge in [-0.25, -0.2) is 0 Å². The Morgan fingerprint density at radius 1 is 1.24 bits per heavy atom. The summed E-state index contributed by atoms with van der Waals surface area (Å²) in [6, 6.07) is 10.7. The van der Waals surface area contributed by atoms with E-state index in [0.717, 1.165) is 12.3 Å². The van der Waals surface area contributed by atoms with Gasteiger partial charge in [-0.15, -0.1) is 0 Å². The third-order valence-corrected chi connectivity index (χ3v) is 5.35. The molecule has 0 aromatic heterocycles. The van der Waals surface area contributed by atoms with Gasteiger partial charge >= 0.3 is 0 Å². The number of nitrogens with one attached hydrogen (secondary N) is 1. The summed E-state index contributed by atoms with van der Waals surface area (Å²) >= 11 is 0. The zero-order valence-corrected chi connectivity index (χ0v) is 13.1. The molecule has 2 saturated carbocycles. The molecule has 2 aliphatic carbocycles. The molecular weight excluding hydrogens is 260 g/mol. The van der Waals surface area contributed by atoms with E-state index in [1.165, 1.54) is 24.8 Å². The number of hydrogen-bond donors (Lipinski definition) is 1. The summed E-state index contributed by atoms with van der Waals surface area (Å²) in [7, 11) is 4.14. The lowest BCUT2D eigenvalue weighted by Crippen LogP contribution is -2.39.